The van der Waals surface area contributed by atoms with E-state index in [0.29, 0.717) is 5.69 Å². The molecule has 0 aliphatic heterocycles. The molecule has 1 aromatic heterocycles. The zero-order chi connectivity index (χ0) is 21.2. The lowest BCUT2D eigenvalue weighted by molar-refractivity contribution is 0.208. The number of sulfonamides is 1. The average molecular weight is 414 g/mol. The second-order valence-electron chi connectivity index (χ2n) is 6.77. The van der Waals surface area contributed by atoms with Gasteiger partial charge in [0.15, 0.2) is 0 Å². The minimum absolute atomic E-state index is 0.0336. The predicted molar refractivity (Wildman–Crippen MR) is 111 cm³/mol. The smallest absolute Gasteiger partial charge is 0.321 e. The molecule has 29 heavy (non-hydrogen) atoms. The lowest BCUT2D eigenvalue weighted by Gasteiger charge is -2.26. The quantitative estimate of drug-likeness (QED) is 0.670. The molecule has 1 atom stereocenters. The van der Waals surface area contributed by atoms with Crippen LogP contribution in [-0.2, 0) is 10.0 Å². The lowest BCUT2D eigenvalue weighted by Crippen LogP contribution is -2.33. The Morgan fingerprint density at radius 2 is 1.86 bits per heavy atom. The van der Waals surface area contributed by atoms with E-state index in [1.54, 1.807) is 36.1 Å². The van der Waals surface area contributed by atoms with Crippen LogP contribution in [0.2, 0.25) is 0 Å². The maximum Gasteiger partial charge on any atom is 0.322 e. The van der Waals surface area contributed by atoms with Gasteiger partial charge in [0.2, 0.25) is 10.0 Å². The van der Waals surface area contributed by atoms with Crippen molar-refractivity contribution < 1.29 is 13.2 Å². The first-order valence-corrected chi connectivity index (χ1v) is 10.5. The number of benzene rings is 2. The Morgan fingerprint density at radius 1 is 1.17 bits per heavy atom. The van der Waals surface area contributed by atoms with Gasteiger partial charge in [-0.25, -0.2) is 23.0 Å². The number of rotatable bonds is 5. The molecule has 3 N–H and O–H groups in total. The van der Waals surface area contributed by atoms with E-state index in [1.807, 2.05) is 38.1 Å². The number of carbonyl (C=O) groups excluding carboxylic acids is 1. The third kappa shape index (κ3) is 4.64. The first kappa shape index (κ1) is 20.6. The monoisotopic (exact) mass is 413 g/mol. The number of nitrogens with zero attached hydrogens (tertiary/aromatic N) is 3. The Bertz CT molecular complexity index is 1120. The zero-order valence-corrected chi connectivity index (χ0v) is 17.2. The maximum atomic E-state index is 12.7. The predicted octanol–water partition coefficient (Wildman–Crippen LogP) is 3.05. The van der Waals surface area contributed by atoms with Crippen molar-refractivity contribution in [2.24, 2.45) is 5.14 Å². The number of nitrogens with one attached hydrogen (secondary N) is 1. The van der Waals surface area contributed by atoms with Crippen molar-refractivity contribution >= 4 is 21.7 Å². The summed E-state index contributed by atoms with van der Waals surface area (Å²) in [5.74, 6) is 0. The minimum Gasteiger partial charge on any atom is -0.321 e. The number of urea groups is 1. The van der Waals surface area contributed by atoms with Crippen molar-refractivity contribution in [3.63, 3.8) is 0 Å². The summed E-state index contributed by atoms with van der Waals surface area (Å²) < 4.78 is 24.6. The van der Waals surface area contributed by atoms with Crippen molar-refractivity contribution in [3.8, 4) is 5.69 Å². The highest BCUT2D eigenvalue weighted by atomic mass is 32.2. The third-order valence-corrected chi connectivity index (χ3v) is 5.70. The first-order chi connectivity index (χ1) is 13.7. The van der Waals surface area contributed by atoms with Crippen LogP contribution in [0.3, 0.4) is 0 Å². The van der Waals surface area contributed by atoms with Gasteiger partial charge >= 0.3 is 6.03 Å². The van der Waals surface area contributed by atoms with Gasteiger partial charge in [-0.1, -0.05) is 18.2 Å². The largest absolute Gasteiger partial charge is 0.322 e. The Morgan fingerprint density at radius 3 is 2.45 bits per heavy atom. The van der Waals surface area contributed by atoms with Crippen LogP contribution in [0.15, 0.2) is 65.7 Å². The summed E-state index contributed by atoms with van der Waals surface area (Å²) >= 11 is 0. The standard InChI is InChI=1S/C20H23N5O3S/c1-14-11-12-22-25(14)18-6-4-5-17(13-18)23-20(26)24(3)15(2)16-7-9-19(10-8-16)29(21,27)28/h4-13,15H,1-3H3,(H,23,26)(H2,21,27,28). The number of primary sulfonamides is 1. The third-order valence-electron chi connectivity index (χ3n) is 4.77. The van der Waals surface area contributed by atoms with Gasteiger partial charge in [0.1, 0.15) is 0 Å². The zero-order valence-electron chi connectivity index (χ0n) is 16.4. The summed E-state index contributed by atoms with van der Waals surface area (Å²) in [5, 5.41) is 12.3. The number of carbonyl (C=O) groups is 1. The van der Waals surface area contributed by atoms with E-state index in [0.717, 1.165) is 16.9 Å². The maximum absolute atomic E-state index is 12.7. The molecule has 3 aromatic rings. The van der Waals surface area contributed by atoms with Crippen LogP contribution >= 0.6 is 0 Å². The van der Waals surface area contributed by atoms with Crippen molar-refractivity contribution in [3.05, 3.63) is 72.1 Å². The fraction of sp³-hybridized carbons (Fsp3) is 0.200. The van der Waals surface area contributed by atoms with E-state index in [4.69, 9.17) is 5.14 Å². The van der Waals surface area contributed by atoms with Crippen LogP contribution in [-0.4, -0.2) is 36.2 Å². The molecular formula is C20H23N5O3S. The average Bonchev–Trinajstić information content (AvgIpc) is 3.12. The van der Waals surface area contributed by atoms with Gasteiger partial charge in [-0.15, -0.1) is 0 Å². The van der Waals surface area contributed by atoms with Crippen LogP contribution in [0.25, 0.3) is 5.69 Å². The second-order valence-corrected chi connectivity index (χ2v) is 8.33. The number of hydrogen-bond donors (Lipinski definition) is 2. The Balaban J connectivity index is 1.73. The van der Waals surface area contributed by atoms with E-state index >= 15 is 0 Å². The molecule has 2 aromatic carbocycles. The highest BCUT2D eigenvalue weighted by Gasteiger charge is 2.18. The van der Waals surface area contributed by atoms with Crippen LogP contribution in [0.4, 0.5) is 10.5 Å². The number of amides is 2. The summed E-state index contributed by atoms with van der Waals surface area (Å²) in [4.78, 5) is 14.3. The molecule has 8 nitrogen and oxygen atoms in total. The fourth-order valence-electron chi connectivity index (χ4n) is 2.90. The van der Waals surface area contributed by atoms with Gasteiger partial charge in [-0.3, -0.25) is 0 Å². The number of nitrogens with two attached hydrogens (primary N) is 1. The number of hydrogen-bond acceptors (Lipinski definition) is 4. The Kier molecular flexibility index (Phi) is 5.71. The molecule has 0 fully saturated rings. The molecule has 0 aliphatic rings. The normalized spacial score (nSPS) is 12.4. The Hall–Kier alpha value is -3.17. The Labute approximate surface area is 170 Å². The van der Waals surface area contributed by atoms with Gasteiger partial charge in [0.05, 0.1) is 16.6 Å². The molecule has 0 bridgehead atoms. The van der Waals surface area contributed by atoms with Gasteiger partial charge in [0, 0.05) is 24.6 Å². The van der Waals surface area contributed by atoms with Gasteiger partial charge in [0.25, 0.3) is 0 Å². The number of anilines is 1. The second kappa shape index (κ2) is 8.06. The number of aromatic nitrogens is 2. The molecule has 0 spiro atoms. The van der Waals surface area contributed by atoms with Crippen LogP contribution in [0.5, 0.6) is 0 Å². The molecule has 2 amide bonds. The highest BCUT2D eigenvalue weighted by molar-refractivity contribution is 7.89. The van der Waals surface area contributed by atoms with Gasteiger partial charge < -0.3 is 10.2 Å². The van der Waals surface area contributed by atoms with Crippen molar-refractivity contribution in [2.45, 2.75) is 24.8 Å². The molecule has 1 heterocycles. The molecule has 9 heteroatoms. The van der Waals surface area contributed by atoms with Crippen LogP contribution in [0.1, 0.15) is 24.2 Å². The van der Waals surface area contributed by atoms with Crippen molar-refractivity contribution in [2.75, 3.05) is 12.4 Å². The highest BCUT2D eigenvalue weighted by Crippen LogP contribution is 2.22. The molecule has 1 unspecified atom stereocenters. The summed E-state index contributed by atoms with van der Waals surface area (Å²) in [7, 11) is -2.07. The SMILES string of the molecule is Cc1ccnn1-c1cccc(NC(=O)N(C)C(C)c2ccc(S(N)(=O)=O)cc2)c1. The van der Waals surface area contributed by atoms with Crippen molar-refractivity contribution in [1.82, 2.24) is 14.7 Å². The van der Waals surface area contributed by atoms with E-state index in [1.165, 1.54) is 17.0 Å². The van der Waals surface area contributed by atoms with Gasteiger partial charge in [-0.05, 0) is 55.8 Å². The molecule has 0 aliphatic carbocycles. The van der Waals surface area contributed by atoms with Crippen molar-refractivity contribution in [1.29, 1.82) is 0 Å². The lowest BCUT2D eigenvalue weighted by atomic mass is 10.1. The molecule has 0 saturated heterocycles. The topological polar surface area (TPSA) is 110 Å². The number of aryl methyl sites for hydroxylation is 1. The summed E-state index contributed by atoms with van der Waals surface area (Å²) in [5.41, 5.74) is 3.27. The van der Waals surface area contributed by atoms with E-state index in [9.17, 15) is 13.2 Å². The van der Waals surface area contributed by atoms with E-state index < -0.39 is 10.0 Å². The molecule has 152 valence electrons. The van der Waals surface area contributed by atoms with Crippen LogP contribution < -0.4 is 10.5 Å². The molecular weight excluding hydrogens is 390 g/mol. The fourth-order valence-corrected chi connectivity index (χ4v) is 3.42. The summed E-state index contributed by atoms with van der Waals surface area (Å²) in [6.45, 7) is 3.81. The van der Waals surface area contributed by atoms with E-state index in [2.05, 4.69) is 10.4 Å². The minimum atomic E-state index is -3.75. The van der Waals surface area contributed by atoms with Gasteiger partial charge in [-0.2, -0.15) is 5.10 Å². The molecule has 0 saturated carbocycles. The molecule has 0 radical (unpaired) electrons. The summed E-state index contributed by atoms with van der Waals surface area (Å²) in [6, 6.07) is 14.9. The summed E-state index contributed by atoms with van der Waals surface area (Å²) in [6.07, 6.45) is 1.72. The molecule has 3 rings (SSSR count). The first-order valence-electron chi connectivity index (χ1n) is 8.94. The van der Waals surface area contributed by atoms with Crippen LogP contribution in [0, 0.1) is 6.92 Å². The van der Waals surface area contributed by atoms with E-state index in [-0.39, 0.29) is 17.0 Å².